The van der Waals surface area contributed by atoms with Gasteiger partial charge in [-0.2, -0.15) is 4.98 Å². The molecule has 0 unspecified atom stereocenters. The van der Waals surface area contributed by atoms with Crippen molar-refractivity contribution in [3.05, 3.63) is 46.1 Å². The number of carbonyl (C=O) groups excluding carboxylic acids is 1. The van der Waals surface area contributed by atoms with Gasteiger partial charge in [0.1, 0.15) is 5.82 Å². The van der Waals surface area contributed by atoms with Gasteiger partial charge in [0.2, 0.25) is 5.95 Å². The van der Waals surface area contributed by atoms with Crippen molar-refractivity contribution in [2.45, 2.75) is 32.7 Å². The summed E-state index contributed by atoms with van der Waals surface area (Å²) in [7, 11) is 4.00. The van der Waals surface area contributed by atoms with Crippen LogP contribution in [0.1, 0.15) is 41.4 Å². The molecule has 0 spiro atoms. The third-order valence-electron chi connectivity index (χ3n) is 5.91. The molecular formula is C22H28ClN5O. The van der Waals surface area contributed by atoms with E-state index in [2.05, 4.69) is 11.8 Å². The van der Waals surface area contributed by atoms with Crippen LogP contribution in [0.3, 0.4) is 0 Å². The van der Waals surface area contributed by atoms with E-state index in [9.17, 15) is 4.79 Å². The predicted octanol–water partition coefficient (Wildman–Crippen LogP) is 3.63. The molecule has 0 atom stereocenters. The van der Waals surface area contributed by atoms with Crippen molar-refractivity contribution in [2.75, 3.05) is 43.5 Å². The molecule has 6 nitrogen and oxygen atoms in total. The molecule has 0 aliphatic carbocycles. The van der Waals surface area contributed by atoms with Gasteiger partial charge in [0, 0.05) is 45.7 Å². The van der Waals surface area contributed by atoms with Crippen LogP contribution < -0.4 is 9.80 Å². The van der Waals surface area contributed by atoms with Crippen LogP contribution >= 0.6 is 11.6 Å². The largest absolute Gasteiger partial charge is 0.362 e. The lowest BCUT2D eigenvalue weighted by Crippen LogP contribution is -2.39. The number of anilines is 2. The number of halogens is 1. The molecule has 2 aliphatic rings. The van der Waals surface area contributed by atoms with E-state index in [0.717, 1.165) is 48.5 Å². The number of rotatable bonds is 3. The number of hydrogen-bond donors (Lipinski definition) is 0. The number of benzene rings is 1. The average Bonchev–Trinajstić information content (AvgIpc) is 2.73. The number of hydrogen-bond acceptors (Lipinski definition) is 5. The van der Waals surface area contributed by atoms with Crippen LogP contribution in [0.5, 0.6) is 0 Å². The number of carbonyl (C=O) groups is 1. The number of amides is 1. The Balaban J connectivity index is 1.62. The van der Waals surface area contributed by atoms with Gasteiger partial charge in [0.25, 0.3) is 5.91 Å². The van der Waals surface area contributed by atoms with Crippen LogP contribution in [-0.2, 0) is 13.0 Å². The quantitative estimate of drug-likeness (QED) is 0.769. The molecule has 0 bridgehead atoms. The fourth-order valence-corrected chi connectivity index (χ4v) is 4.30. The van der Waals surface area contributed by atoms with Crippen LogP contribution in [0.25, 0.3) is 0 Å². The van der Waals surface area contributed by atoms with Gasteiger partial charge in [-0.3, -0.25) is 4.79 Å². The highest BCUT2D eigenvalue weighted by Crippen LogP contribution is 2.30. The van der Waals surface area contributed by atoms with Gasteiger partial charge in [-0.15, -0.1) is 0 Å². The lowest BCUT2D eigenvalue weighted by Gasteiger charge is -2.34. The second-order valence-corrected chi connectivity index (χ2v) is 8.70. The zero-order valence-electron chi connectivity index (χ0n) is 17.4. The first-order valence-electron chi connectivity index (χ1n) is 10.3. The summed E-state index contributed by atoms with van der Waals surface area (Å²) in [5.41, 5.74) is 2.64. The SMILES string of the molecule is CC1CCN(c2nc3c(c(N(C)C)n2)CN(C(=O)c2ccccc2Cl)CC3)CC1. The second-order valence-electron chi connectivity index (χ2n) is 8.29. The first-order chi connectivity index (χ1) is 13.9. The Morgan fingerprint density at radius 1 is 1.14 bits per heavy atom. The molecule has 2 aromatic rings. The topological polar surface area (TPSA) is 52.6 Å². The highest BCUT2D eigenvalue weighted by molar-refractivity contribution is 6.33. The van der Waals surface area contributed by atoms with Crippen molar-refractivity contribution >= 4 is 29.3 Å². The Bertz CT molecular complexity index is 908. The molecule has 7 heteroatoms. The normalized spacial score (nSPS) is 17.2. The van der Waals surface area contributed by atoms with Crippen LogP contribution in [0, 0.1) is 5.92 Å². The van der Waals surface area contributed by atoms with Crippen molar-refractivity contribution in [1.82, 2.24) is 14.9 Å². The Morgan fingerprint density at radius 2 is 1.86 bits per heavy atom. The number of fused-ring (bicyclic) bond motifs is 1. The molecule has 1 saturated heterocycles. The van der Waals surface area contributed by atoms with Crippen molar-refractivity contribution in [2.24, 2.45) is 5.92 Å². The lowest BCUT2D eigenvalue weighted by molar-refractivity contribution is 0.0734. The Labute approximate surface area is 177 Å². The van der Waals surface area contributed by atoms with Gasteiger partial charge < -0.3 is 14.7 Å². The molecule has 3 heterocycles. The van der Waals surface area contributed by atoms with E-state index in [4.69, 9.17) is 21.6 Å². The van der Waals surface area contributed by atoms with Crippen LogP contribution in [0.2, 0.25) is 5.02 Å². The molecule has 1 fully saturated rings. The fraction of sp³-hybridized carbons (Fsp3) is 0.500. The first kappa shape index (κ1) is 20.0. The number of nitrogens with zero attached hydrogens (tertiary/aromatic N) is 5. The average molecular weight is 414 g/mol. The second kappa shape index (κ2) is 8.19. The van der Waals surface area contributed by atoms with Gasteiger partial charge in [-0.05, 0) is 30.9 Å². The Morgan fingerprint density at radius 3 is 2.55 bits per heavy atom. The van der Waals surface area contributed by atoms with E-state index in [-0.39, 0.29) is 5.91 Å². The van der Waals surface area contributed by atoms with E-state index in [0.29, 0.717) is 23.7 Å². The zero-order chi connectivity index (χ0) is 20.5. The van der Waals surface area contributed by atoms with Crippen LogP contribution in [0.4, 0.5) is 11.8 Å². The molecule has 1 aromatic carbocycles. The lowest BCUT2D eigenvalue weighted by atomic mass is 9.99. The molecule has 154 valence electrons. The van der Waals surface area contributed by atoms with Gasteiger partial charge >= 0.3 is 0 Å². The van der Waals surface area contributed by atoms with Crippen molar-refractivity contribution in [1.29, 1.82) is 0 Å². The van der Waals surface area contributed by atoms with Gasteiger partial charge in [0.05, 0.1) is 22.8 Å². The zero-order valence-corrected chi connectivity index (χ0v) is 18.1. The summed E-state index contributed by atoms with van der Waals surface area (Å²) in [6.07, 6.45) is 3.09. The van der Waals surface area contributed by atoms with Gasteiger partial charge in [0.15, 0.2) is 0 Å². The summed E-state index contributed by atoms with van der Waals surface area (Å²) in [6, 6.07) is 7.22. The smallest absolute Gasteiger partial charge is 0.255 e. The van der Waals surface area contributed by atoms with E-state index < -0.39 is 0 Å². The summed E-state index contributed by atoms with van der Waals surface area (Å²) in [4.78, 5) is 29.0. The van der Waals surface area contributed by atoms with Gasteiger partial charge in [-0.25, -0.2) is 4.98 Å². The summed E-state index contributed by atoms with van der Waals surface area (Å²) >= 11 is 6.25. The Kier molecular flexibility index (Phi) is 5.63. The Hall–Kier alpha value is -2.34. The first-order valence-corrected chi connectivity index (χ1v) is 10.7. The maximum Gasteiger partial charge on any atom is 0.255 e. The highest BCUT2D eigenvalue weighted by Gasteiger charge is 2.29. The highest BCUT2D eigenvalue weighted by atomic mass is 35.5. The standard InChI is InChI=1S/C22H28ClN5O/c1-15-8-11-27(12-9-15)22-24-19-10-13-28(14-17(19)20(25-22)26(2)3)21(29)16-6-4-5-7-18(16)23/h4-7,15H,8-14H2,1-3H3. The van der Waals surface area contributed by atoms with Crippen molar-refractivity contribution in [3.8, 4) is 0 Å². The fourth-order valence-electron chi connectivity index (χ4n) is 4.08. The van der Waals surface area contributed by atoms with E-state index in [1.807, 2.05) is 36.0 Å². The van der Waals surface area contributed by atoms with Gasteiger partial charge in [-0.1, -0.05) is 30.7 Å². The molecular weight excluding hydrogens is 386 g/mol. The van der Waals surface area contributed by atoms with Crippen LogP contribution in [-0.4, -0.2) is 54.5 Å². The molecule has 1 amide bonds. The van der Waals surface area contributed by atoms with E-state index >= 15 is 0 Å². The minimum atomic E-state index is -0.0416. The molecule has 0 saturated carbocycles. The number of aromatic nitrogens is 2. The third kappa shape index (κ3) is 4.04. The van der Waals surface area contributed by atoms with Crippen molar-refractivity contribution in [3.63, 3.8) is 0 Å². The monoisotopic (exact) mass is 413 g/mol. The molecule has 0 N–H and O–H groups in total. The molecule has 4 rings (SSSR count). The summed E-state index contributed by atoms with van der Waals surface area (Å²) in [5, 5.41) is 0.488. The number of piperidine rings is 1. The van der Waals surface area contributed by atoms with E-state index in [1.165, 1.54) is 12.8 Å². The summed E-state index contributed by atoms with van der Waals surface area (Å²) in [5.74, 6) is 2.45. The minimum Gasteiger partial charge on any atom is -0.362 e. The minimum absolute atomic E-state index is 0.0416. The summed E-state index contributed by atoms with van der Waals surface area (Å²) < 4.78 is 0. The molecule has 29 heavy (non-hydrogen) atoms. The predicted molar refractivity (Wildman–Crippen MR) is 117 cm³/mol. The third-order valence-corrected chi connectivity index (χ3v) is 6.24. The molecule has 2 aliphatic heterocycles. The van der Waals surface area contributed by atoms with Crippen molar-refractivity contribution < 1.29 is 4.79 Å². The maximum absolute atomic E-state index is 13.0. The summed E-state index contributed by atoms with van der Waals surface area (Å²) in [6.45, 7) is 5.45. The maximum atomic E-state index is 13.0. The molecule has 1 aromatic heterocycles. The van der Waals surface area contributed by atoms with Crippen LogP contribution in [0.15, 0.2) is 24.3 Å². The van der Waals surface area contributed by atoms with E-state index in [1.54, 1.807) is 12.1 Å². The molecule has 0 radical (unpaired) electrons.